The van der Waals surface area contributed by atoms with E-state index in [2.05, 4.69) is 10.3 Å². The summed E-state index contributed by atoms with van der Waals surface area (Å²) in [6.45, 7) is 2.11. The largest absolute Gasteiger partial charge is 0.441 e. The van der Waals surface area contributed by atoms with Gasteiger partial charge < -0.3 is 9.73 Å². The molecular formula is C21H21FN2O2. The molecule has 1 aromatic heterocycles. The van der Waals surface area contributed by atoms with E-state index >= 15 is 0 Å². The molecule has 1 amide bonds. The molecule has 0 spiro atoms. The Morgan fingerprint density at radius 2 is 2.00 bits per heavy atom. The third-order valence-electron chi connectivity index (χ3n) is 4.12. The number of rotatable bonds is 7. The highest BCUT2D eigenvalue weighted by Gasteiger charge is 2.08. The van der Waals surface area contributed by atoms with Crippen LogP contribution in [-0.2, 0) is 17.8 Å². The Morgan fingerprint density at radius 1 is 1.19 bits per heavy atom. The van der Waals surface area contributed by atoms with Crippen molar-refractivity contribution in [3.05, 3.63) is 77.6 Å². The fourth-order valence-electron chi connectivity index (χ4n) is 2.67. The molecule has 0 aliphatic rings. The average Bonchev–Trinajstić information content (AvgIpc) is 3.12. The molecule has 5 heteroatoms. The molecule has 0 atom stereocenters. The van der Waals surface area contributed by atoms with E-state index in [0.717, 1.165) is 16.9 Å². The first-order chi connectivity index (χ1) is 12.6. The molecule has 134 valence electrons. The van der Waals surface area contributed by atoms with Gasteiger partial charge in [-0.15, -0.1) is 0 Å². The second kappa shape index (κ2) is 8.43. The monoisotopic (exact) mass is 352 g/mol. The van der Waals surface area contributed by atoms with Crippen molar-refractivity contribution in [2.24, 2.45) is 0 Å². The van der Waals surface area contributed by atoms with Gasteiger partial charge in [-0.1, -0.05) is 42.5 Å². The van der Waals surface area contributed by atoms with Gasteiger partial charge in [0.2, 0.25) is 5.91 Å². The van der Waals surface area contributed by atoms with Gasteiger partial charge in [0.15, 0.2) is 11.7 Å². The van der Waals surface area contributed by atoms with Gasteiger partial charge in [0, 0.05) is 24.9 Å². The smallest absolute Gasteiger partial charge is 0.220 e. The van der Waals surface area contributed by atoms with E-state index in [-0.39, 0.29) is 11.7 Å². The van der Waals surface area contributed by atoms with Crippen LogP contribution < -0.4 is 5.32 Å². The number of oxazole rings is 1. The van der Waals surface area contributed by atoms with Gasteiger partial charge in [-0.2, -0.15) is 0 Å². The fourth-order valence-corrected chi connectivity index (χ4v) is 2.67. The number of hydrogen-bond acceptors (Lipinski definition) is 3. The first kappa shape index (κ1) is 17.9. The van der Waals surface area contributed by atoms with Crippen molar-refractivity contribution < 1.29 is 13.6 Å². The summed E-state index contributed by atoms with van der Waals surface area (Å²) in [5.41, 5.74) is 2.45. The summed E-state index contributed by atoms with van der Waals surface area (Å²) < 4.78 is 19.0. The minimum Gasteiger partial charge on any atom is -0.441 e. The predicted molar refractivity (Wildman–Crippen MR) is 97.9 cm³/mol. The molecule has 0 saturated heterocycles. The number of carbonyl (C=O) groups is 1. The molecule has 1 heterocycles. The van der Waals surface area contributed by atoms with Crippen LogP contribution in [0.4, 0.5) is 4.39 Å². The zero-order valence-electron chi connectivity index (χ0n) is 14.7. The van der Waals surface area contributed by atoms with Gasteiger partial charge in [0.1, 0.15) is 5.82 Å². The van der Waals surface area contributed by atoms with Crippen molar-refractivity contribution >= 4 is 5.91 Å². The highest BCUT2D eigenvalue weighted by Crippen LogP contribution is 2.20. The van der Waals surface area contributed by atoms with Crippen molar-refractivity contribution in [3.63, 3.8) is 0 Å². The van der Waals surface area contributed by atoms with Crippen molar-refractivity contribution in [3.8, 4) is 11.3 Å². The molecule has 3 aromatic rings. The second-order valence-electron chi connectivity index (χ2n) is 6.20. The molecule has 1 N–H and O–H groups in total. The standard InChI is InChI=1S/C21H21FN2O2/c1-15-12-16(10-11-18(15)22)13-23-20(25)8-5-9-21-24-14-19(26-21)17-6-3-2-4-7-17/h2-4,6-7,10-12,14H,5,8-9,13H2,1H3,(H,23,25). The highest BCUT2D eigenvalue weighted by molar-refractivity contribution is 5.75. The number of nitrogens with zero attached hydrogens (tertiary/aromatic N) is 1. The second-order valence-corrected chi connectivity index (χ2v) is 6.20. The number of hydrogen-bond donors (Lipinski definition) is 1. The van der Waals surface area contributed by atoms with E-state index in [1.807, 2.05) is 30.3 Å². The number of benzene rings is 2. The molecule has 0 fully saturated rings. The molecular weight excluding hydrogens is 331 g/mol. The van der Waals surface area contributed by atoms with Crippen LogP contribution in [0, 0.1) is 12.7 Å². The summed E-state index contributed by atoms with van der Waals surface area (Å²) >= 11 is 0. The maximum Gasteiger partial charge on any atom is 0.220 e. The highest BCUT2D eigenvalue weighted by atomic mass is 19.1. The van der Waals surface area contributed by atoms with Crippen molar-refractivity contribution in [2.45, 2.75) is 32.7 Å². The summed E-state index contributed by atoms with van der Waals surface area (Å²) in [6, 6.07) is 14.6. The Kier molecular flexibility index (Phi) is 5.79. The average molecular weight is 352 g/mol. The van der Waals surface area contributed by atoms with Gasteiger partial charge in [-0.3, -0.25) is 4.79 Å². The Bertz CT molecular complexity index is 875. The summed E-state index contributed by atoms with van der Waals surface area (Å²) in [7, 11) is 0. The summed E-state index contributed by atoms with van der Waals surface area (Å²) in [5, 5.41) is 2.85. The van der Waals surface area contributed by atoms with Crippen LogP contribution >= 0.6 is 0 Å². The van der Waals surface area contributed by atoms with Crippen molar-refractivity contribution in [2.75, 3.05) is 0 Å². The molecule has 0 saturated carbocycles. The lowest BCUT2D eigenvalue weighted by molar-refractivity contribution is -0.121. The van der Waals surface area contributed by atoms with E-state index in [9.17, 15) is 9.18 Å². The molecule has 4 nitrogen and oxygen atoms in total. The maximum absolute atomic E-state index is 13.2. The normalized spacial score (nSPS) is 10.7. The molecule has 0 unspecified atom stereocenters. The van der Waals surface area contributed by atoms with Gasteiger partial charge in [-0.05, 0) is 30.5 Å². The number of halogens is 1. The lowest BCUT2D eigenvalue weighted by Crippen LogP contribution is -2.22. The lowest BCUT2D eigenvalue weighted by Gasteiger charge is -2.06. The topological polar surface area (TPSA) is 55.1 Å². The molecule has 26 heavy (non-hydrogen) atoms. The maximum atomic E-state index is 13.2. The third-order valence-corrected chi connectivity index (χ3v) is 4.12. The van der Waals surface area contributed by atoms with Crippen molar-refractivity contribution in [1.82, 2.24) is 10.3 Å². The fraction of sp³-hybridized carbons (Fsp3) is 0.238. The van der Waals surface area contributed by atoms with Crippen LogP contribution in [0.2, 0.25) is 0 Å². The van der Waals surface area contributed by atoms with Crippen LogP contribution in [0.1, 0.15) is 29.9 Å². The van der Waals surface area contributed by atoms with Crippen LogP contribution in [0.5, 0.6) is 0 Å². The molecule has 2 aromatic carbocycles. The van der Waals surface area contributed by atoms with Gasteiger partial charge in [0.05, 0.1) is 6.20 Å². The quantitative estimate of drug-likeness (QED) is 0.684. The third kappa shape index (κ3) is 4.79. The van der Waals surface area contributed by atoms with Crippen LogP contribution in [0.15, 0.2) is 59.1 Å². The Balaban J connectivity index is 1.42. The summed E-state index contributed by atoms with van der Waals surface area (Å²) in [6.07, 6.45) is 3.36. The number of nitrogens with one attached hydrogen (secondary N) is 1. The van der Waals surface area contributed by atoms with Crippen LogP contribution in [-0.4, -0.2) is 10.9 Å². The molecule has 3 rings (SSSR count). The van der Waals surface area contributed by atoms with E-state index in [0.29, 0.717) is 37.3 Å². The predicted octanol–water partition coefficient (Wildman–Crippen LogP) is 4.43. The summed E-state index contributed by atoms with van der Waals surface area (Å²) in [5.74, 6) is 1.09. The van der Waals surface area contributed by atoms with Crippen molar-refractivity contribution in [1.29, 1.82) is 0 Å². The first-order valence-electron chi connectivity index (χ1n) is 8.63. The lowest BCUT2D eigenvalue weighted by atomic mass is 10.1. The van der Waals surface area contributed by atoms with Crippen LogP contribution in [0.25, 0.3) is 11.3 Å². The molecule has 0 aliphatic heterocycles. The van der Waals surface area contributed by atoms with Gasteiger partial charge in [-0.25, -0.2) is 9.37 Å². The Hall–Kier alpha value is -2.95. The van der Waals surface area contributed by atoms with E-state index in [1.165, 1.54) is 6.07 Å². The Morgan fingerprint density at radius 3 is 2.77 bits per heavy atom. The van der Waals surface area contributed by atoms with E-state index in [1.54, 1.807) is 25.3 Å². The number of amides is 1. The minimum absolute atomic E-state index is 0.0400. The number of aromatic nitrogens is 1. The number of aryl methyl sites for hydroxylation is 2. The first-order valence-corrected chi connectivity index (χ1v) is 8.63. The molecule has 0 bridgehead atoms. The van der Waals surface area contributed by atoms with E-state index < -0.39 is 0 Å². The zero-order valence-corrected chi connectivity index (χ0v) is 14.7. The molecule has 0 radical (unpaired) electrons. The zero-order chi connectivity index (χ0) is 18.4. The SMILES string of the molecule is Cc1cc(CNC(=O)CCCc2ncc(-c3ccccc3)o2)ccc1F. The van der Waals surface area contributed by atoms with Gasteiger partial charge >= 0.3 is 0 Å². The minimum atomic E-state index is -0.235. The number of carbonyl (C=O) groups excluding carboxylic acids is 1. The van der Waals surface area contributed by atoms with Gasteiger partial charge in [0.25, 0.3) is 0 Å². The van der Waals surface area contributed by atoms with E-state index in [4.69, 9.17) is 4.42 Å². The van der Waals surface area contributed by atoms with Crippen LogP contribution in [0.3, 0.4) is 0 Å². The molecule has 0 aliphatic carbocycles. The Labute approximate surface area is 152 Å². The summed E-state index contributed by atoms with van der Waals surface area (Å²) in [4.78, 5) is 16.2.